The average Bonchev–Trinajstić information content (AvgIpc) is 2.26. The Bertz CT molecular complexity index is 376. The van der Waals surface area contributed by atoms with Crippen molar-refractivity contribution in [2.45, 2.75) is 32.7 Å². The van der Waals surface area contributed by atoms with Crippen LogP contribution in [0.25, 0.3) is 0 Å². The Morgan fingerprint density at radius 2 is 2.25 bits per heavy atom. The van der Waals surface area contributed by atoms with Crippen molar-refractivity contribution in [3.05, 3.63) is 34.3 Å². The summed E-state index contributed by atoms with van der Waals surface area (Å²) in [6.07, 6.45) is 1.94. The summed E-state index contributed by atoms with van der Waals surface area (Å²) in [5, 5.41) is 3.47. The first-order valence-corrected chi connectivity index (χ1v) is 6.43. The van der Waals surface area contributed by atoms with Crippen LogP contribution < -0.4 is 5.32 Å². The van der Waals surface area contributed by atoms with E-state index in [9.17, 15) is 0 Å². The maximum Gasteiger partial charge on any atom is 0.0246 e. The molecule has 0 aliphatic heterocycles. The van der Waals surface area contributed by atoms with Gasteiger partial charge in [-0.3, -0.25) is 0 Å². The highest BCUT2D eigenvalue weighted by molar-refractivity contribution is 9.10. The molecule has 1 unspecified atom stereocenters. The number of benzene rings is 1. The van der Waals surface area contributed by atoms with Crippen LogP contribution in [0, 0.1) is 11.8 Å². The summed E-state index contributed by atoms with van der Waals surface area (Å²) in [6.45, 7) is 5.01. The smallest absolute Gasteiger partial charge is 0.0246 e. The van der Waals surface area contributed by atoms with Crippen LogP contribution in [-0.4, -0.2) is 12.6 Å². The number of halogens is 1. The van der Waals surface area contributed by atoms with Crippen LogP contribution in [0.5, 0.6) is 0 Å². The molecule has 0 amide bonds. The van der Waals surface area contributed by atoms with Crippen molar-refractivity contribution in [3.8, 4) is 11.8 Å². The van der Waals surface area contributed by atoms with Crippen molar-refractivity contribution in [2.24, 2.45) is 0 Å². The lowest BCUT2D eigenvalue weighted by Gasteiger charge is -2.15. The molecule has 0 heterocycles. The first-order valence-electron chi connectivity index (χ1n) is 5.63. The predicted molar refractivity (Wildman–Crippen MR) is 73.4 cm³/mol. The molecule has 1 aromatic carbocycles. The Morgan fingerprint density at radius 1 is 1.44 bits per heavy atom. The maximum atomic E-state index is 3.50. The molecule has 0 aromatic heterocycles. The number of likely N-dealkylation sites (N-methyl/N-ethyl adjacent to an activating group) is 1. The van der Waals surface area contributed by atoms with Crippen molar-refractivity contribution in [2.75, 3.05) is 6.54 Å². The minimum atomic E-state index is 0.451. The molecule has 1 atom stereocenters. The molecule has 1 N–H and O–H groups in total. The molecule has 1 rings (SSSR count). The van der Waals surface area contributed by atoms with E-state index < -0.39 is 0 Å². The maximum absolute atomic E-state index is 3.50. The number of rotatable bonds is 5. The zero-order valence-electron chi connectivity index (χ0n) is 9.89. The monoisotopic (exact) mass is 279 g/mol. The molecule has 0 saturated heterocycles. The normalized spacial score (nSPS) is 11.7. The van der Waals surface area contributed by atoms with Crippen molar-refractivity contribution >= 4 is 15.9 Å². The van der Waals surface area contributed by atoms with Gasteiger partial charge >= 0.3 is 0 Å². The minimum Gasteiger partial charge on any atom is -0.313 e. The van der Waals surface area contributed by atoms with Crippen LogP contribution in [-0.2, 0) is 6.42 Å². The van der Waals surface area contributed by atoms with Crippen LogP contribution in [0.15, 0.2) is 28.7 Å². The second kappa shape index (κ2) is 7.49. The van der Waals surface area contributed by atoms with Crippen LogP contribution in [0.2, 0.25) is 0 Å². The summed E-state index contributed by atoms with van der Waals surface area (Å²) in [7, 11) is 0. The molecule has 0 saturated carbocycles. The molecular formula is C14H18BrN. The lowest BCUT2D eigenvalue weighted by molar-refractivity contribution is 0.535. The van der Waals surface area contributed by atoms with Gasteiger partial charge in [-0.25, -0.2) is 0 Å². The fraction of sp³-hybridized carbons (Fsp3) is 0.429. The van der Waals surface area contributed by atoms with Gasteiger partial charge < -0.3 is 5.32 Å². The van der Waals surface area contributed by atoms with Gasteiger partial charge in [0.1, 0.15) is 0 Å². The molecule has 0 spiro atoms. The second-order valence-corrected chi connectivity index (χ2v) is 4.64. The third-order valence-corrected chi connectivity index (χ3v) is 2.88. The lowest BCUT2D eigenvalue weighted by atomic mass is 10.0. The van der Waals surface area contributed by atoms with Crippen LogP contribution in [0.3, 0.4) is 0 Å². The molecule has 1 aromatic rings. The summed E-state index contributed by atoms with van der Waals surface area (Å²) >= 11 is 3.50. The van der Waals surface area contributed by atoms with Gasteiger partial charge in [0.2, 0.25) is 0 Å². The van der Waals surface area contributed by atoms with E-state index in [-0.39, 0.29) is 0 Å². The Hall–Kier alpha value is -0.780. The molecule has 86 valence electrons. The van der Waals surface area contributed by atoms with Gasteiger partial charge in [-0.2, -0.15) is 0 Å². The molecule has 0 aliphatic rings. The average molecular weight is 280 g/mol. The Kier molecular flexibility index (Phi) is 6.22. The Labute approximate surface area is 107 Å². The Balaban J connectivity index is 2.62. The van der Waals surface area contributed by atoms with E-state index in [1.807, 2.05) is 6.92 Å². The molecular weight excluding hydrogens is 262 g/mol. The lowest BCUT2D eigenvalue weighted by Crippen LogP contribution is -2.30. The first-order chi connectivity index (χ1) is 7.76. The highest BCUT2D eigenvalue weighted by atomic mass is 79.9. The zero-order chi connectivity index (χ0) is 11.8. The van der Waals surface area contributed by atoms with Gasteiger partial charge in [-0.15, -0.1) is 11.8 Å². The van der Waals surface area contributed by atoms with Crippen LogP contribution in [0.4, 0.5) is 0 Å². The number of hydrogen-bond acceptors (Lipinski definition) is 1. The van der Waals surface area contributed by atoms with E-state index >= 15 is 0 Å². The van der Waals surface area contributed by atoms with E-state index in [1.165, 1.54) is 5.56 Å². The van der Waals surface area contributed by atoms with Crippen molar-refractivity contribution in [3.63, 3.8) is 0 Å². The minimum absolute atomic E-state index is 0.451. The first kappa shape index (κ1) is 13.3. The molecule has 2 heteroatoms. The van der Waals surface area contributed by atoms with Gasteiger partial charge in [0.05, 0.1) is 0 Å². The SMILES string of the molecule is CC#CCC(Cc1cccc(Br)c1)NCC. The van der Waals surface area contributed by atoms with Gasteiger partial charge in [0.15, 0.2) is 0 Å². The zero-order valence-corrected chi connectivity index (χ0v) is 11.5. The highest BCUT2D eigenvalue weighted by Gasteiger charge is 2.06. The van der Waals surface area contributed by atoms with Crippen molar-refractivity contribution < 1.29 is 0 Å². The molecule has 0 fully saturated rings. The summed E-state index contributed by atoms with van der Waals surface area (Å²) in [4.78, 5) is 0. The van der Waals surface area contributed by atoms with Gasteiger partial charge in [-0.1, -0.05) is 35.0 Å². The summed E-state index contributed by atoms with van der Waals surface area (Å²) in [6, 6.07) is 8.91. The fourth-order valence-corrected chi connectivity index (χ4v) is 2.13. The van der Waals surface area contributed by atoms with Crippen LogP contribution in [0.1, 0.15) is 25.8 Å². The second-order valence-electron chi connectivity index (χ2n) is 3.72. The fourth-order valence-electron chi connectivity index (χ4n) is 1.68. The van der Waals surface area contributed by atoms with E-state index in [0.717, 1.165) is 23.9 Å². The predicted octanol–water partition coefficient (Wildman–Crippen LogP) is 3.38. The summed E-state index contributed by atoms with van der Waals surface area (Å²) in [5.41, 5.74) is 1.35. The topological polar surface area (TPSA) is 12.0 Å². The van der Waals surface area contributed by atoms with E-state index in [2.05, 4.69) is 64.3 Å². The third-order valence-electron chi connectivity index (χ3n) is 2.39. The Morgan fingerprint density at radius 3 is 2.88 bits per heavy atom. The number of nitrogens with one attached hydrogen (secondary N) is 1. The molecule has 16 heavy (non-hydrogen) atoms. The van der Waals surface area contributed by atoms with Crippen LogP contribution >= 0.6 is 15.9 Å². The van der Waals surface area contributed by atoms with Gasteiger partial charge in [0, 0.05) is 16.9 Å². The van der Waals surface area contributed by atoms with E-state index in [4.69, 9.17) is 0 Å². The molecule has 0 radical (unpaired) electrons. The largest absolute Gasteiger partial charge is 0.313 e. The molecule has 1 nitrogen and oxygen atoms in total. The number of hydrogen-bond donors (Lipinski definition) is 1. The third kappa shape index (κ3) is 4.83. The summed E-state index contributed by atoms with van der Waals surface area (Å²) in [5.74, 6) is 6.10. The molecule has 0 bridgehead atoms. The highest BCUT2D eigenvalue weighted by Crippen LogP contribution is 2.13. The van der Waals surface area contributed by atoms with Crippen molar-refractivity contribution in [1.29, 1.82) is 0 Å². The molecule has 0 aliphatic carbocycles. The summed E-state index contributed by atoms with van der Waals surface area (Å²) < 4.78 is 1.14. The standard InChI is InChI=1S/C14H18BrN/c1-3-5-9-14(16-4-2)11-12-7-6-8-13(15)10-12/h6-8,10,14,16H,4,9,11H2,1-2H3. The van der Waals surface area contributed by atoms with E-state index in [0.29, 0.717) is 6.04 Å². The van der Waals surface area contributed by atoms with Gasteiger partial charge in [-0.05, 0) is 37.6 Å². The van der Waals surface area contributed by atoms with E-state index in [1.54, 1.807) is 0 Å². The van der Waals surface area contributed by atoms with Crippen molar-refractivity contribution in [1.82, 2.24) is 5.32 Å². The van der Waals surface area contributed by atoms with Gasteiger partial charge in [0.25, 0.3) is 0 Å². The quantitative estimate of drug-likeness (QED) is 0.815.